The van der Waals surface area contributed by atoms with Crippen LogP contribution in [0.3, 0.4) is 0 Å². The minimum atomic E-state index is -0.997. The van der Waals surface area contributed by atoms with Gasteiger partial charge in [0.15, 0.2) is 0 Å². The normalized spacial score (nSPS) is 18.4. The van der Waals surface area contributed by atoms with Gasteiger partial charge in [-0.25, -0.2) is 13.8 Å². The number of nitrogens with zero attached hydrogens (tertiary/aromatic N) is 1. The van der Waals surface area contributed by atoms with Crippen molar-refractivity contribution in [2.24, 2.45) is 0 Å². The number of ether oxygens (including phenoxy) is 1. The highest BCUT2D eigenvalue weighted by Gasteiger charge is 2.49. The van der Waals surface area contributed by atoms with E-state index >= 15 is 0 Å². The van der Waals surface area contributed by atoms with Crippen LogP contribution in [0.15, 0.2) is 42.5 Å². The summed E-state index contributed by atoms with van der Waals surface area (Å²) in [6.07, 6.45) is 0.676. The second-order valence-corrected chi connectivity index (χ2v) is 7.79. The summed E-state index contributed by atoms with van der Waals surface area (Å²) in [4.78, 5) is 18.2. The van der Waals surface area contributed by atoms with Crippen LogP contribution in [0.25, 0.3) is 10.6 Å². The maximum Gasteiger partial charge on any atom is 0.317 e. The molecular formula is C21H17F2NO2S. The first-order valence-electron chi connectivity index (χ1n) is 8.54. The molecule has 0 aliphatic heterocycles. The molecule has 0 saturated carbocycles. The lowest BCUT2D eigenvalue weighted by Gasteiger charge is -2.28. The van der Waals surface area contributed by atoms with Crippen LogP contribution in [0.4, 0.5) is 8.78 Å². The van der Waals surface area contributed by atoms with Crippen molar-refractivity contribution >= 4 is 17.3 Å². The van der Waals surface area contributed by atoms with Gasteiger partial charge < -0.3 is 4.74 Å². The van der Waals surface area contributed by atoms with E-state index in [-0.39, 0.29) is 11.6 Å². The third-order valence-electron chi connectivity index (χ3n) is 5.17. The average molecular weight is 385 g/mol. The fraction of sp³-hybridized carbons (Fsp3) is 0.238. The molecule has 4 rings (SSSR count). The Morgan fingerprint density at radius 2 is 1.85 bits per heavy atom. The lowest BCUT2D eigenvalue weighted by atomic mass is 9.76. The summed E-state index contributed by atoms with van der Waals surface area (Å²) >= 11 is 1.37. The second kappa shape index (κ2) is 6.53. The maximum atomic E-state index is 14.1. The molecule has 1 aliphatic carbocycles. The molecule has 1 heterocycles. The van der Waals surface area contributed by atoms with E-state index in [0.717, 1.165) is 10.6 Å². The van der Waals surface area contributed by atoms with Gasteiger partial charge in [0.05, 0.1) is 12.8 Å². The highest BCUT2D eigenvalue weighted by atomic mass is 32.1. The first-order chi connectivity index (χ1) is 13.0. The van der Waals surface area contributed by atoms with Crippen molar-refractivity contribution in [3.63, 3.8) is 0 Å². The van der Waals surface area contributed by atoms with E-state index in [1.54, 1.807) is 37.3 Å². The second-order valence-electron chi connectivity index (χ2n) is 6.71. The molecule has 0 radical (unpaired) electrons. The van der Waals surface area contributed by atoms with Crippen LogP contribution in [0.5, 0.6) is 0 Å². The fourth-order valence-electron chi connectivity index (χ4n) is 3.80. The Morgan fingerprint density at radius 1 is 1.11 bits per heavy atom. The zero-order valence-corrected chi connectivity index (χ0v) is 15.7. The molecular weight excluding hydrogens is 368 g/mol. The third-order valence-corrected chi connectivity index (χ3v) is 6.30. The largest absolute Gasteiger partial charge is 0.468 e. The van der Waals surface area contributed by atoms with E-state index in [2.05, 4.69) is 4.98 Å². The number of aromatic nitrogens is 1. The first kappa shape index (κ1) is 17.8. The maximum absolute atomic E-state index is 14.1. The molecule has 138 valence electrons. The summed E-state index contributed by atoms with van der Waals surface area (Å²) in [5, 5.41) is 0.590. The fourth-order valence-corrected chi connectivity index (χ4v) is 5.02. The smallest absolute Gasteiger partial charge is 0.317 e. The van der Waals surface area contributed by atoms with E-state index in [0.29, 0.717) is 34.5 Å². The van der Waals surface area contributed by atoms with Crippen LogP contribution in [0.2, 0.25) is 0 Å². The van der Waals surface area contributed by atoms with E-state index in [4.69, 9.17) is 4.74 Å². The molecule has 2 aromatic carbocycles. The molecule has 1 aromatic heterocycles. The summed E-state index contributed by atoms with van der Waals surface area (Å²) in [6, 6.07) is 11.2. The first-order valence-corrected chi connectivity index (χ1v) is 9.35. The van der Waals surface area contributed by atoms with Gasteiger partial charge in [0.1, 0.15) is 22.1 Å². The SMILES string of the molecule is COC(=O)C1(c2cccc(F)c2C)Cc2nc(-c3ccccc3F)sc2C1. The summed E-state index contributed by atoms with van der Waals surface area (Å²) in [6.45, 7) is 1.67. The topological polar surface area (TPSA) is 39.2 Å². The van der Waals surface area contributed by atoms with E-state index in [1.807, 2.05) is 0 Å². The van der Waals surface area contributed by atoms with Gasteiger partial charge in [-0.1, -0.05) is 24.3 Å². The summed E-state index contributed by atoms with van der Waals surface area (Å²) in [7, 11) is 1.34. The Labute approximate surface area is 159 Å². The van der Waals surface area contributed by atoms with Gasteiger partial charge in [0.25, 0.3) is 0 Å². The summed E-state index contributed by atoms with van der Waals surface area (Å²) in [5.41, 5.74) is 1.25. The van der Waals surface area contributed by atoms with Crippen LogP contribution in [0, 0.1) is 18.6 Å². The van der Waals surface area contributed by atoms with E-state index in [1.165, 1.54) is 30.6 Å². The van der Waals surface area contributed by atoms with Gasteiger partial charge in [-0.05, 0) is 36.2 Å². The number of hydrogen-bond donors (Lipinski definition) is 0. The van der Waals surface area contributed by atoms with Crippen molar-refractivity contribution in [1.29, 1.82) is 0 Å². The van der Waals surface area contributed by atoms with Gasteiger partial charge in [-0.15, -0.1) is 11.3 Å². The number of esters is 1. The number of benzene rings is 2. The molecule has 1 atom stereocenters. The van der Waals surface area contributed by atoms with Gasteiger partial charge in [-0.3, -0.25) is 4.79 Å². The Hall–Kier alpha value is -2.60. The quantitative estimate of drug-likeness (QED) is 0.618. The number of methoxy groups -OCH3 is 1. The molecule has 3 aromatic rings. The van der Waals surface area contributed by atoms with E-state index in [9.17, 15) is 13.6 Å². The lowest BCUT2D eigenvalue weighted by molar-refractivity contribution is -0.147. The van der Waals surface area contributed by atoms with Crippen LogP contribution in [-0.4, -0.2) is 18.1 Å². The average Bonchev–Trinajstić information content (AvgIpc) is 3.20. The number of fused-ring (bicyclic) bond motifs is 1. The minimum absolute atomic E-state index is 0.310. The van der Waals surface area contributed by atoms with Crippen molar-refractivity contribution in [2.75, 3.05) is 7.11 Å². The molecule has 0 spiro atoms. The Morgan fingerprint density at radius 3 is 2.56 bits per heavy atom. The molecule has 0 fully saturated rings. The highest BCUT2D eigenvalue weighted by molar-refractivity contribution is 7.15. The molecule has 6 heteroatoms. The molecule has 0 bridgehead atoms. The summed E-state index contributed by atoms with van der Waals surface area (Å²) in [5.74, 6) is -1.09. The predicted molar refractivity (Wildman–Crippen MR) is 99.7 cm³/mol. The zero-order valence-electron chi connectivity index (χ0n) is 14.9. The highest BCUT2D eigenvalue weighted by Crippen LogP contribution is 2.46. The number of rotatable bonds is 3. The van der Waals surface area contributed by atoms with Crippen LogP contribution in [0.1, 0.15) is 21.7 Å². The molecule has 0 saturated heterocycles. The number of carbonyl (C=O) groups excluding carboxylic acids is 1. The summed E-state index contributed by atoms with van der Waals surface area (Å²) < 4.78 is 33.3. The number of thiazole rings is 1. The molecule has 3 nitrogen and oxygen atoms in total. The van der Waals surface area contributed by atoms with Crippen molar-refractivity contribution in [1.82, 2.24) is 4.98 Å². The molecule has 0 amide bonds. The van der Waals surface area contributed by atoms with Gasteiger partial charge >= 0.3 is 5.97 Å². The number of carbonyl (C=O) groups is 1. The molecule has 1 unspecified atom stereocenters. The Balaban J connectivity index is 1.78. The zero-order chi connectivity index (χ0) is 19.2. The van der Waals surface area contributed by atoms with Crippen molar-refractivity contribution in [3.8, 4) is 10.6 Å². The van der Waals surface area contributed by atoms with Gasteiger partial charge in [0, 0.05) is 23.3 Å². The predicted octanol–water partition coefficient (Wildman–Crippen LogP) is 4.61. The number of hydrogen-bond acceptors (Lipinski definition) is 4. The molecule has 1 aliphatic rings. The van der Waals surface area contributed by atoms with Crippen LogP contribution >= 0.6 is 11.3 Å². The van der Waals surface area contributed by atoms with Crippen molar-refractivity contribution in [2.45, 2.75) is 25.2 Å². The number of halogens is 2. The Kier molecular flexibility index (Phi) is 4.30. The van der Waals surface area contributed by atoms with Crippen LogP contribution in [-0.2, 0) is 27.8 Å². The monoisotopic (exact) mass is 385 g/mol. The van der Waals surface area contributed by atoms with Crippen molar-refractivity contribution < 1.29 is 18.3 Å². The molecule has 0 N–H and O–H groups in total. The third kappa shape index (κ3) is 2.75. The lowest BCUT2D eigenvalue weighted by Crippen LogP contribution is -2.39. The van der Waals surface area contributed by atoms with Gasteiger partial charge in [0.2, 0.25) is 0 Å². The van der Waals surface area contributed by atoms with Crippen molar-refractivity contribution in [3.05, 3.63) is 75.8 Å². The van der Waals surface area contributed by atoms with E-state index < -0.39 is 11.4 Å². The standard InChI is InChI=1S/C21H17F2NO2S/c1-12-14(7-5-9-15(12)22)21(20(25)26-2)10-17-18(11-21)27-19(24-17)13-6-3-4-8-16(13)23/h3-9H,10-11H2,1-2H3. The molecule has 27 heavy (non-hydrogen) atoms. The van der Waals surface area contributed by atoms with Gasteiger partial charge in [-0.2, -0.15) is 0 Å². The van der Waals surface area contributed by atoms with Crippen LogP contribution < -0.4 is 0 Å². The minimum Gasteiger partial charge on any atom is -0.468 e. The Bertz CT molecular complexity index is 1020.